The van der Waals surface area contributed by atoms with Gasteiger partial charge in [-0.1, -0.05) is 52.3 Å². The molecule has 3 aromatic carbocycles. The van der Waals surface area contributed by atoms with Crippen LogP contribution in [-0.2, 0) is 20.9 Å². The van der Waals surface area contributed by atoms with Crippen molar-refractivity contribution in [2.45, 2.75) is 79.5 Å². The second-order valence-corrected chi connectivity index (χ2v) is 23.6. The van der Waals surface area contributed by atoms with Crippen molar-refractivity contribution in [3.05, 3.63) is 118 Å². The fourth-order valence-corrected chi connectivity index (χ4v) is 13.4. The van der Waals surface area contributed by atoms with Gasteiger partial charge in [-0.3, -0.25) is 19.8 Å². The zero-order chi connectivity index (χ0) is 47.3. The van der Waals surface area contributed by atoms with Gasteiger partial charge in [0.05, 0.1) is 27.1 Å². The Bertz CT molecular complexity index is 2910. The molecule has 1 saturated carbocycles. The summed E-state index contributed by atoms with van der Waals surface area (Å²) in [5, 5.41) is 16.3. The highest BCUT2D eigenvalue weighted by atomic mass is 127. The number of anilines is 2. The number of aromatic nitrogens is 2. The van der Waals surface area contributed by atoms with E-state index in [2.05, 4.69) is 43.7 Å². The van der Waals surface area contributed by atoms with E-state index in [1.165, 1.54) is 33.5 Å². The Morgan fingerprint density at radius 2 is 1.78 bits per heavy atom. The molecule has 1 amide bonds. The van der Waals surface area contributed by atoms with E-state index in [1.807, 2.05) is 6.07 Å². The highest BCUT2D eigenvalue weighted by molar-refractivity contribution is 14.2. The van der Waals surface area contributed by atoms with Gasteiger partial charge in [0.15, 0.2) is 0 Å². The number of methoxy groups -OCH3 is 1. The number of nitro groups is 1. The number of carbonyl (C=O) groups excluding carboxylic acids is 1. The molecule has 5 aromatic rings. The summed E-state index contributed by atoms with van der Waals surface area (Å²) in [6, 6.07) is 17.5. The van der Waals surface area contributed by atoms with Gasteiger partial charge in [0.25, 0.3) is 21.6 Å². The number of rotatable bonds is 13. The lowest BCUT2D eigenvalue weighted by Crippen LogP contribution is -2.47. The fraction of sp³-hybridized carbons (Fsp3) is 0.396. The summed E-state index contributed by atoms with van der Waals surface area (Å²) in [6.45, 7) is 7.68. The van der Waals surface area contributed by atoms with Crippen LogP contribution in [0.3, 0.4) is 0 Å². The summed E-state index contributed by atoms with van der Waals surface area (Å²) in [7, 11) is -2.89. The number of nitrogens with zero attached hydrogens (tertiary/aromatic N) is 4. The maximum absolute atomic E-state index is 14.0. The van der Waals surface area contributed by atoms with Crippen LogP contribution in [0.2, 0.25) is 0 Å². The van der Waals surface area contributed by atoms with Crippen LogP contribution in [0, 0.1) is 15.5 Å². The second-order valence-electron chi connectivity index (χ2n) is 18.4. The van der Waals surface area contributed by atoms with Gasteiger partial charge in [-0.15, -0.1) is 0 Å². The third-order valence-electron chi connectivity index (χ3n) is 13.3. The van der Waals surface area contributed by atoms with Crippen molar-refractivity contribution < 1.29 is 40.8 Å². The van der Waals surface area contributed by atoms with E-state index in [4.69, 9.17) is 9.47 Å². The first-order chi connectivity index (χ1) is 31.9. The molecule has 3 N–H and O–H groups in total. The molecule has 0 unspecified atom stereocenters. The van der Waals surface area contributed by atoms with Crippen molar-refractivity contribution in [1.82, 2.24) is 19.6 Å². The Kier molecular flexibility index (Phi) is 12.7. The van der Waals surface area contributed by atoms with E-state index in [0.717, 1.165) is 85.4 Å². The molecule has 354 valence electrons. The zero-order valence-corrected chi connectivity index (χ0v) is 40.2. The number of aromatic amines is 1. The molecule has 9 rings (SSSR count). The average Bonchev–Trinajstić information content (AvgIpc) is 3.85. The Morgan fingerprint density at radius 3 is 2.51 bits per heavy atom. The van der Waals surface area contributed by atoms with E-state index in [-0.39, 0.29) is 52.8 Å². The van der Waals surface area contributed by atoms with Crippen molar-refractivity contribution in [3.63, 3.8) is 0 Å². The SMILES string of the molecule is CO[C@]12CC[C@H](Nc3ccc(S(=O)(=O)NC(=O)c4ccc(N5CCN(CC6=C(c7ccc(C(F)(F)F)cc7)CC(C)(C)CC6)CC5)cc4Oc4cnc5[nH]ccc5c4)cc3[N+](=O)[O-])CCC1=I2. The smallest absolute Gasteiger partial charge is 0.416 e. The summed E-state index contributed by atoms with van der Waals surface area (Å²) < 4.78 is 83.3. The number of H-pyrrole nitrogens is 1. The van der Waals surface area contributed by atoms with Crippen LogP contribution in [0.5, 0.6) is 11.5 Å². The Morgan fingerprint density at radius 1 is 1.00 bits per heavy atom. The van der Waals surface area contributed by atoms with Crippen LogP contribution in [0.4, 0.5) is 30.2 Å². The van der Waals surface area contributed by atoms with Gasteiger partial charge in [0.1, 0.15) is 26.4 Å². The van der Waals surface area contributed by atoms with Crippen LogP contribution in [0.15, 0.2) is 95.7 Å². The number of amides is 1. The minimum absolute atomic E-state index is 0.0181. The van der Waals surface area contributed by atoms with E-state index in [0.29, 0.717) is 44.1 Å². The van der Waals surface area contributed by atoms with Gasteiger partial charge in [-0.05, 0) is 110 Å². The molecule has 2 aliphatic carbocycles. The van der Waals surface area contributed by atoms with Crippen molar-refractivity contribution in [2.75, 3.05) is 50.1 Å². The van der Waals surface area contributed by atoms with Crippen LogP contribution >= 0.6 is 20.7 Å². The third kappa shape index (κ3) is 10.2. The molecule has 0 radical (unpaired) electrons. The van der Waals surface area contributed by atoms with Crippen LogP contribution in [0.25, 0.3) is 16.6 Å². The van der Waals surface area contributed by atoms with Crippen molar-refractivity contribution in [3.8, 4) is 11.5 Å². The molecular weight excluding hydrogens is 1000 g/mol. The molecule has 2 atom stereocenters. The summed E-state index contributed by atoms with van der Waals surface area (Å²) in [5.74, 6) is -0.618. The Labute approximate surface area is 396 Å². The minimum Gasteiger partial charge on any atom is -0.455 e. The van der Waals surface area contributed by atoms with Crippen molar-refractivity contribution >= 4 is 73.8 Å². The first-order valence-electron chi connectivity index (χ1n) is 22.2. The number of nitro benzene ring substituents is 1. The number of piperazine rings is 1. The predicted octanol–water partition coefficient (Wildman–Crippen LogP) is 10.0. The van der Waals surface area contributed by atoms with Gasteiger partial charge in [-0.25, -0.2) is 18.1 Å². The van der Waals surface area contributed by atoms with Gasteiger partial charge >= 0.3 is 6.18 Å². The molecule has 2 aromatic heterocycles. The molecule has 2 fully saturated rings. The first-order valence-corrected chi connectivity index (χ1v) is 25.8. The largest absolute Gasteiger partial charge is 0.455 e. The number of carbonyl (C=O) groups is 1. The van der Waals surface area contributed by atoms with Crippen LogP contribution in [-0.4, -0.2) is 87.1 Å². The zero-order valence-electron chi connectivity index (χ0n) is 37.2. The molecule has 1 saturated heterocycles. The number of benzene rings is 3. The number of ether oxygens (including phenoxy) is 2. The summed E-state index contributed by atoms with van der Waals surface area (Å²) in [4.78, 5) is 37.1. The standard InChI is InChI=1S/C48H51F3IN7O7S/c1-46(2)17-14-32(39(27-46)30-4-6-33(7-5-30)48(49,50)51)29-57-20-22-58(23-21-57)35-9-11-38(42(25-35)66-36-24-31-16-19-53-44(31)54-28-36)45(60)56-67(63,64)37-10-12-40(41(26-37)59(61)62)55-34-8-13-43-47(52-43,65-3)18-15-34/h4-7,9-12,16,19,24-26,28,34,55H,8,13-15,17-18,20-23,27,29H2,1-3H3,(H,53,54)(H,56,60)/t34-,47-/m1/s1. The molecular formula is C48H51F3IN7O7S. The number of fused-ring (bicyclic) bond motifs is 2. The Hall–Kier alpha value is -5.38. The maximum atomic E-state index is 14.0. The number of hydrogen-bond donors (Lipinski definition) is 3. The van der Waals surface area contributed by atoms with Crippen molar-refractivity contribution in [2.24, 2.45) is 5.41 Å². The average molecular weight is 1050 g/mol. The lowest BCUT2D eigenvalue weighted by molar-refractivity contribution is -0.384. The predicted molar refractivity (Wildman–Crippen MR) is 260 cm³/mol. The summed E-state index contributed by atoms with van der Waals surface area (Å²) in [5.41, 5.74) is 3.55. The molecule has 4 heterocycles. The molecule has 14 nitrogen and oxygen atoms in total. The number of pyridine rings is 1. The molecule has 67 heavy (non-hydrogen) atoms. The minimum atomic E-state index is -4.61. The Balaban J connectivity index is 0.921. The van der Waals surface area contributed by atoms with Gasteiger partial charge in [0.2, 0.25) is 0 Å². The van der Waals surface area contributed by atoms with E-state index in [9.17, 15) is 36.5 Å². The molecule has 0 bridgehead atoms. The topological polar surface area (TPSA) is 172 Å². The van der Waals surface area contributed by atoms with Gasteiger partial charge in [0, 0.05) is 78.8 Å². The quantitative estimate of drug-likeness (QED) is 0.0444. The van der Waals surface area contributed by atoms with Crippen LogP contribution in [0.1, 0.15) is 80.3 Å². The molecule has 4 aliphatic rings. The van der Waals surface area contributed by atoms with E-state index in [1.54, 1.807) is 43.6 Å². The number of alkyl halides is 4. The molecule has 2 aliphatic heterocycles. The first kappa shape index (κ1) is 46.7. The fourth-order valence-electron chi connectivity index (χ4n) is 9.38. The summed E-state index contributed by atoms with van der Waals surface area (Å²) in [6.07, 6.45) is 4.69. The lowest BCUT2D eigenvalue weighted by atomic mass is 9.72. The highest BCUT2D eigenvalue weighted by Gasteiger charge is 2.47. The number of halogens is 4. The third-order valence-corrected chi connectivity index (χ3v) is 18.6. The van der Waals surface area contributed by atoms with E-state index < -0.39 is 43.2 Å². The van der Waals surface area contributed by atoms with Gasteiger partial charge < -0.3 is 24.7 Å². The van der Waals surface area contributed by atoms with E-state index >= 15 is 0 Å². The van der Waals surface area contributed by atoms with Crippen LogP contribution < -0.4 is 19.7 Å². The highest BCUT2D eigenvalue weighted by Crippen LogP contribution is 2.53. The number of allylic oxidation sites excluding steroid dienone is 1. The lowest BCUT2D eigenvalue weighted by Gasteiger charge is -2.39. The maximum Gasteiger partial charge on any atom is 0.416 e. The van der Waals surface area contributed by atoms with Gasteiger partial charge in [-0.2, -0.15) is 13.2 Å². The normalized spacial score (nSPS) is 21.1. The summed E-state index contributed by atoms with van der Waals surface area (Å²) >= 11 is -0.0956. The second kappa shape index (κ2) is 18.3. The monoisotopic (exact) mass is 1050 g/mol. The molecule has 0 spiro atoms. The number of sulfonamides is 1. The number of nitrogens with one attached hydrogen (secondary N) is 3. The molecule has 19 heteroatoms. The number of hydrogen-bond acceptors (Lipinski definition) is 11. The van der Waals surface area contributed by atoms with Crippen molar-refractivity contribution in [1.29, 1.82) is 0 Å².